The number of nitrogens with zero attached hydrogens (tertiary/aromatic N) is 1. The number of amides is 1. The minimum atomic E-state index is -4.14. The van der Waals surface area contributed by atoms with Gasteiger partial charge in [-0.3, -0.25) is 4.79 Å². The standard InChI is InChI=1S/C23H23ClN2O5S/c1-26(2)13-14-30-22-15-18(23(25)27)7-12-21(22)31-32(28,29)20-10-5-17(6-11-20)16-3-8-19(24)9-4-16/h3-12,15H,13-14H2,1-2H3,(H2,25,27). The van der Waals surface area contributed by atoms with Gasteiger partial charge in [-0.15, -0.1) is 0 Å². The maximum absolute atomic E-state index is 12.9. The van der Waals surface area contributed by atoms with E-state index in [9.17, 15) is 13.2 Å². The van der Waals surface area contributed by atoms with E-state index in [2.05, 4.69) is 0 Å². The molecule has 0 unspecified atom stereocenters. The first kappa shape index (κ1) is 23.6. The largest absolute Gasteiger partial charge is 0.488 e. The fourth-order valence-corrected chi connectivity index (χ4v) is 3.87. The summed E-state index contributed by atoms with van der Waals surface area (Å²) in [5.41, 5.74) is 7.24. The zero-order valence-corrected chi connectivity index (χ0v) is 19.2. The van der Waals surface area contributed by atoms with Crippen molar-refractivity contribution in [2.75, 3.05) is 27.2 Å². The molecule has 0 aliphatic rings. The highest BCUT2D eigenvalue weighted by molar-refractivity contribution is 7.87. The molecule has 0 heterocycles. The van der Waals surface area contributed by atoms with Crippen molar-refractivity contribution >= 4 is 27.6 Å². The predicted octanol–water partition coefficient (Wildman–Crippen LogP) is 3.81. The third-order valence-corrected chi connectivity index (χ3v) is 6.04. The van der Waals surface area contributed by atoms with Crippen LogP contribution in [-0.2, 0) is 10.1 Å². The monoisotopic (exact) mass is 474 g/mol. The summed E-state index contributed by atoms with van der Waals surface area (Å²) in [6, 6.07) is 17.6. The van der Waals surface area contributed by atoms with Crippen LogP contribution < -0.4 is 14.7 Å². The number of nitrogens with two attached hydrogens (primary N) is 1. The average Bonchev–Trinajstić information content (AvgIpc) is 2.75. The van der Waals surface area contributed by atoms with Crippen molar-refractivity contribution in [1.29, 1.82) is 0 Å². The number of rotatable bonds is 9. The van der Waals surface area contributed by atoms with E-state index in [1.807, 2.05) is 31.1 Å². The highest BCUT2D eigenvalue weighted by atomic mass is 35.5. The van der Waals surface area contributed by atoms with Crippen LogP contribution in [0.4, 0.5) is 0 Å². The number of hydrogen-bond donors (Lipinski definition) is 1. The molecule has 0 aliphatic heterocycles. The molecule has 0 spiro atoms. The quantitative estimate of drug-likeness (QED) is 0.473. The highest BCUT2D eigenvalue weighted by Crippen LogP contribution is 2.32. The molecule has 168 valence electrons. The van der Waals surface area contributed by atoms with Crippen molar-refractivity contribution in [3.8, 4) is 22.6 Å². The maximum Gasteiger partial charge on any atom is 0.339 e. The lowest BCUT2D eigenvalue weighted by Gasteiger charge is -2.15. The van der Waals surface area contributed by atoms with Crippen LogP contribution in [0.5, 0.6) is 11.5 Å². The van der Waals surface area contributed by atoms with Crippen LogP contribution in [0.25, 0.3) is 11.1 Å². The first-order valence-corrected chi connectivity index (χ1v) is 11.5. The topological polar surface area (TPSA) is 98.9 Å². The molecule has 0 radical (unpaired) electrons. The molecule has 1 amide bonds. The van der Waals surface area contributed by atoms with E-state index in [-0.39, 0.29) is 28.6 Å². The smallest absolute Gasteiger partial charge is 0.339 e. The van der Waals surface area contributed by atoms with Crippen molar-refractivity contribution in [2.45, 2.75) is 4.90 Å². The van der Waals surface area contributed by atoms with E-state index in [0.29, 0.717) is 11.6 Å². The molecule has 0 bridgehead atoms. The Bertz CT molecular complexity index is 1190. The Morgan fingerprint density at radius 3 is 2.09 bits per heavy atom. The van der Waals surface area contributed by atoms with Gasteiger partial charge >= 0.3 is 10.1 Å². The third kappa shape index (κ3) is 6.00. The Labute approximate surface area is 192 Å². The van der Waals surface area contributed by atoms with Crippen LogP contribution >= 0.6 is 11.6 Å². The number of halogens is 1. The Kier molecular flexibility index (Phi) is 7.40. The van der Waals surface area contributed by atoms with Crippen LogP contribution in [0.1, 0.15) is 10.4 Å². The van der Waals surface area contributed by atoms with Gasteiger partial charge in [-0.2, -0.15) is 8.42 Å². The fourth-order valence-electron chi connectivity index (χ4n) is 2.80. The summed E-state index contributed by atoms with van der Waals surface area (Å²) < 4.78 is 36.7. The average molecular weight is 475 g/mol. The van der Waals surface area contributed by atoms with E-state index >= 15 is 0 Å². The van der Waals surface area contributed by atoms with Crippen LogP contribution in [0.2, 0.25) is 5.02 Å². The molecule has 0 saturated heterocycles. The molecule has 0 aliphatic carbocycles. The summed E-state index contributed by atoms with van der Waals surface area (Å²) >= 11 is 5.91. The van der Waals surface area contributed by atoms with Gasteiger partial charge in [0.15, 0.2) is 11.5 Å². The predicted molar refractivity (Wildman–Crippen MR) is 124 cm³/mol. The summed E-state index contributed by atoms with van der Waals surface area (Å²) in [4.78, 5) is 13.4. The molecule has 0 saturated carbocycles. The number of carbonyl (C=O) groups excluding carboxylic acids is 1. The summed E-state index contributed by atoms with van der Waals surface area (Å²) in [6.07, 6.45) is 0. The fraction of sp³-hybridized carbons (Fsp3) is 0.174. The molecule has 3 aromatic carbocycles. The number of likely N-dealkylation sites (N-methyl/N-ethyl adjacent to an activating group) is 1. The minimum absolute atomic E-state index is 0.0200. The van der Waals surface area contributed by atoms with Crippen LogP contribution in [0.15, 0.2) is 71.6 Å². The van der Waals surface area contributed by atoms with E-state index in [1.165, 1.54) is 30.3 Å². The first-order chi connectivity index (χ1) is 15.2. The van der Waals surface area contributed by atoms with E-state index in [0.717, 1.165) is 11.1 Å². The Morgan fingerprint density at radius 2 is 1.53 bits per heavy atom. The number of primary amides is 1. The van der Waals surface area contributed by atoms with Gasteiger partial charge in [0.2, 0.25) is 5.91 Å². The molecule has 2 N–H and O–H groups in total. The minimum Gasteiger partial charge on any atom is -0.488 e. The van der Waals surface area contributed by atoms with Crippen LogP contribution in [0.3, 0.4) is 0 Å². The molecule has 32 heavy (non-hydrogen) atoms. The molecule has 0 aromatic heterocycles. The van der Waals surface area contributed by atoms with E-state index in [4.69, 9.17) is 26.3 Å². The van der Waals surface area contributed by atoms with Gasteiger partial charge in [0, 0.05) is 17.1 Å². The maximum atomic E-state index is 12.9. The summed E-state index contributed by atoms with van der Waals surface area (Å²) in [6.45, 7) is 0.848. The molecule has 7 nitrogen and oxygen atoms in total. The van der Waals surface area contributed by atoms with E-state index < -0.39 is 16.0 Å². The molecule has 3 rings (SSSR count). The third-order valence-electron chi connectivity index (χ3n) is 4.54. The first-order valence-electron chi connectivity index (χ1n) is 9.67. The van der Waals surface area contributed by atoms with Gasteiger partial charge in [0.25, 0.3) is 0 Å². The zero-order valence-electron chi connectivity index (χ0n) is 17.6. The Hall–Kier alpha value is -3.07. The van der Waals surface area contributed by atoms with Gasteiger partial charge in [-0.1, -0.05) is 35.9 Å². The second-order valence-corrected chi connectivity index (χ2v) is 9.23. The van der Waals surface area contributed by atoms with Gasteiger partial charge in [-0.05, 0) is 67.7 Å². The number of benzene rings is 3. The lowest BCUT2D eigenvalue weighted by atomic mass is 10.1. The van der Waals surface area contributed by atoms with Crippen molar-refractivity contribution in [1.82, 2.24) is 4.90 Å². The normalized spacial score (nSPS) is 11.4. The molecule has 0 atom stereocenters. The molecule has 9 heteroatoms. The lowest BCUT2D eigenvalue weighted by Crippen LogP contribution is -2.20. The summed E-state index contributed by atoms with van der Waals surface area (Å²) in [7, 11) is -0.396. The molecule has 3 aromatic rings. The lowest BCUT2D eigenvalue weighted by molar-refractivity contribution is 0.0999. The van der Waals surface area contributed by atoms with Crippen LogP contribution in [0, 0.1) is 0 Å². The number of ether oxygens (including phenoxy) is 1. The molecular formula is C23H23ClN2O5S. The van der Waals surface area contributed by atoms with Crippen molar-refractivity contribution in [2.24, 2.45) is 5.73 Å². The van der Waals surface area contributed by atoms with Crippen molar-refractivity contribution < 1.29 is 22.1 Å². The second-order valence-electron chi connectivity index (χ2n) is 7.25. The summed E-state index contributed by atoms with van der Waals surface area (Å²) in [5.74, 6) is -0.574. The number of carbonyl (C=O) groups is 1. The van der Waals surface area contributed by atoms with E-state index in [1.54, 1.807) is 24.3 Å². The van der Waals surface area contributed by atoms with Gasteiger partial charge in [0.1, 0.15) is 11.5 Å². The van der Waals surface area contributed by atoms with Crippen LogP contribution in [-0.4, -0.2) is 46.5 Å². The van der Waals surface area contributed by atoms with Crippen molar-refractivity contribution in [3.05, 3.63) is 77.3 Å². The Balaban J connectivity index is 1.84. The number of hydrogen-bond acceptors (Lipinski definition) is 6. The molecular weight excluding hydrogens is 452 g/mol. The summed E-state index contributed by atoms with van der Waals surface area (Å²) in [5, 5.41) is 0.618. The SMILES string of the molecule is CN(C)CCOc1cc(C(N)=O)ccc1OS(=O)(=O)c1ccc(-c2ccc(Cl)cc2)cc1. The molecule has 0 fully saturated rings. The van der Waals surface area contributed by atoms with Crippen molar-refractivity contribution in [3.63, 3.8) is 0 Å². The Morgan fingerprint density at radius 1 is 0.938 bits per heavy atom. The van der Waals surface area contributed by atoms with Gasteiger partial charge in [0.05, 0.1) is 0 Å². The zero-order chi connectivity index (χ0) is 23.3. The van der Waals surface area contributed by atoms with Gasteiger partial charge < -0.3 is 19.6 Å². The second kappa shape index (κ2) is 10.0. The van der Waals surface area contributed by atoms with Gasteiger partial charge in [-0.25, -0.2) is 0 Å². The highest BCUT2D eigenvalue weighted by Gasteiger charge is 2.20.